The van der Waals surface area contributed by atoms with Crippen molar-refractivity contribution in [3.63, 3.8) is 0 Å². The van der Waals surface area contributed by atoms with E-state index in [1.54, 1.807) is 0 Å². The Labute approximate surface area is 153 Å². The predicted molar refractivity (Wildman–Crippen MR) is 94.7 cm³/mol. The average molecular weight is 391 g/mol. The number of rotatable bonds is 9. The van der Waals surface area contributed by atoms with E-state index in [1.165, 1.54) is 31.3 Å². The van der Waals surface area contributed by atoms with Gasteiger partial charge in [0, 0.05) is 18.1 Å². The van der Waals surface area contributed by atoms with Crippen LogP contribution in [-0.4, -0.2) is 50.8 Å². The standard InChI is InChI=1S/C16H23ClN2O5S/c1-4-13(5-2)18-15(20)11-24-16(21)10-19(3)25(22,23)14-8-6-12(17)7-9-14/h6-9,13H,4-5,10-11H2,1-3H3,(H,18,20). The van der Waals surface area contributed by atoms with E-state index in [0.29, 0.717) is 5.02 Å². The molecule has 0 bridgehead atoms. The number of esters is 1. The molecule has 140 valence electrons. The lowest BCUT2D eigenvalue weighted by Gasteiger charge is -2.17. The van der Waals surface area contributed by atoms with E-state index in [1.807, 2.05) is 13.8 Å². The van der Waals surface area contributed by atoms with Crippen LogP contribution < -0.4 is 5.32 Å². The van der Waals surface area contributed by atoms with Crippen molar-refractivity contribution in [1.29, 1.82) is 0 Å². The van der Waals surface area contributed by atoms with Gasteiger partial charge in [0.2, 0.25) is 10.0 Å². The number of sulfonamides is 1. The van der Waals surface area contributed by atoms with Gasteiger partial charge in [0.15, 0.2) is 6.61 Å². The number of nitrogens with zero attached hydrogens (tertiary/aromatic N) is 1. The lowest BCUT2D eigenvalue weighted by Crippen LogP contribution is -2.38. The second-order valence-corrected chi connectivity index (χ2v) is 7.94. The van der Waals surface area contributed by atoms with Gasteiger partial charge < -0.3 is 10.1 Å². The first-order chi connectivity index (χ1) is 11.7. The maximum atomic E-state index is 12.3. The molecule has 1 aromatic rings. The number of amides is 1. The fourth-order valence-corrected chi connectivity index (χ4v) is 3.25. The molecule has 7 nitrogen and oxygen atoms in total. The van der Waals surface area contributed by atoms with Crippen LogP contribution in [0.15, 0.2) is 29.2 Å². The fraction of sp³-hybridized carbons (Fsp3) is 0.500. The van der Waals surface area contributed by atoms with Gasteiger partial charge >= 0.3 is 5.97 Å². The molecule has 0 aliphatic carbocycles. The van der Waals surface area contributed by atoms with Crippen LogP contribution in [0, 0.1) is 0 Å². The molecule has 0 fully saturated rings. The third-order valence-corrected chi connectivity index (χ3v) is 5.66. The van der Waals surface area contributed by atoms with Crippen LogP contribution in [-0.2, 0) is 24.3 Å². The van der Waals surface area contributed by atoms with Crippen LogP contribution in [0.2, 0.25) is 5.02 Å². The first-order valence-corrected chi connectivity index (χ1v) is 9.69. The summed E-state index contributed by atoms with van der Waals surface area (Å²) in [5, 5.41) is 3.13. The molecule has 0 spiro atoms. The second kappa shape index (κ2) is 9.74. The molecule has 0 radical (unpaired) electrons. The number of halogens is 1. The Hall–Kier alpha value is -1.64. The van der Waals surface area contributed by atoms with Crippen LogP contribution in [0.5, 0.6) is 0 Å². The number of nitrogens with one attached hydrogen (secondary N) is 1. The number of benzene rings is 1. The molecular formula is C16H23ClN2O5S. The summed E-state index contributed by atoms with van der Waals surface area (Å²) in [4.78, 5) is 23.5. The van der Waals surface area contributed by atoms with Gasteiger partial charge in [0.05, 0.1) is 4.90 Å². The van der Waals surface area contributed by atoms with Gasteiger partial charge in [0.1, 0.15) is 6.54 Å². The molecule has 0 aliphatic heterocycles. The van der Waals surface area contributed by atoms with Crippen molar-refractivity contribution in [3.8, 4) is 0 Å². The Kier molecular flexibility index (Phi) is 8.34. The van der Waals surface area contributed by atoms with Gasteiger partial charge in [-0.3, -0.25) is 9.59 Å². The zero-order valence-electron chi connectivity index (χ0n) is 14.5. The SMILES string of the molecule is CCC(CC)NC(=O)COC(=O)CN(C)S(=O)(=O)c1ccc(Cl)cc1. The van der Waals surface area contributed by atoms with Gasteiger partial charge in [0.25, 0.3) is 5.91 Å². The average Bonchev–Trinajstić information content (AvgIpc) is 2.58. The summed E-state index contributed by atoms with van der Waals surface area (Å²) in [5.74, 6) is -1.22. The summed E-state index contributed by atoms with van der Waals surface area (Å²) in [6.07, 6.45) is 1.55. The molecule has 25 heavy (non-hydrogen) atoms. The molecule has 0 atom stereocenters. The molecule has 1 aromatic carbocycles. The monoisotopic (exact) mass is 390 g/mol. The molecule has 9 heteroatoms. The third kappa shape index (κ3) is 6.64. The van der Waals surface area contributed by atoms with Crippen molar-refractivity contribution in [2.75, 3.05) is 20.2 Å². The van der Waals surface area contributed by atoms with E-state index in [4.69, 9.17) is 16.3 Å². The summed E-state index contributed by atoms with van der Waals surface area (Å²) in [6, 6.07) is 5.62. The van der Waals surface area contributed by atoms with Crippen LogP contribution in [0.3, 0.4) is 0 Å². The normalized spacial score (nSPS) is 11.6. The molecule has 1 N–H and O–H groups in total. The summed E-state index contributed by atoms with van der Waals surface area (Å²) in [5.41, 5.74) is 0. The first kappa shape index (κ1) is 21.4. The van der Waals surface area contributed by atoms with Gasteiger partial charge in [-0.15, -0.1) is 0 Å². The molecule has 0 aromatic heterocycles. The Morgan fingerprint density at radius 2 is 1.76 bits per heavy atom. The van der Waals surface area contributed by atoms with E-state index < -0.39 is 35.1 Å². The van der Waals surface area contributed by atoms with E-state index in [-0.39, 0.29) is 10.9 Å². The Morgan fingerprint density at radius 1 is 1.20 bits per heavy atom. The minimum absolute atomic E-state index is 0.0127. The van der Waals surface area contributed by atoms with E-state index >= 15 is 0 Å². The van der Waals surface area contributed by atoms with Crippen molar-refractivity contribution in [2.24, 2.45) is 0 Å². The molecular weight excluding hydrogens is 368 g/mol. The fourth-order valence-electron chi connectivity index (χ4n) is 2.01. The minimum Gasteiger partial charge on any atom is -0.455 e. The summed E-state index contributed by atoms with van der Waals surface area (Å²) in [7, 11) is -2.58. The van der Waals surface area contributed by atoms with E-state index in [0.717, 1.165) is 17.1 Å². The molecule has 1 rings (SSSR count). The maximum Gasteiger partial charge on any atom is 0.321 e. The van der Waals surface area contributed by atoms with Gasteiger partial charge in [-0.1, -0.05) is 25.4 Å². The number of carbonyl (C=O) groups is 2. The molecule has 0 saturated heterocycles. The second-order valence-electron chi connectivity index (χ2n) is 5.46. The topological polar surface area (TPSA) is 92.8 Å². The van der Waals surface area contributed by atoms with Gasteiger partial charge in [-0.2, -0.15) is 4.31 Å². The van der Waals surface area contributed by atoms with Gasteiger partial charge in [-0.05, 0) is 37.1 Å². The quantitative estimate of drug-likeness (QED) is 0.649. The van der Waals surface area contributed by atoms with E-state index in [2.05, 4.69) is 5.32 Å². The van der Waals surface area contributed by atoms with Crippen LogP contribution in [0.1, 0.15) is 26.7 Å². The van der Waals surface area contributed by atoms with Crippen molar-refractivity contribution < 1.29 is 22.7 Å². The van der Waals surface area contributed by atoms with E-state index in [9.17, 15) is 18.0 Å². The van der Waals surface area contributed by atoms with Crippen LogP contribution >= 0.6 is 11.6 Å². The highest BCUT2D eigenvalue weighted by molar-refractivity contribution is 7.89. The van der Waals surface area contributed by atoms with Crippen molar-refractivity contribution in [2.45, 2.75) is 37.6 Å². The Bertz CT molecular complexity index is 687. The number of likely N-dealkylation sites (N-methyl/N-ethyl adjacent to an activating group) is 1. The largest absolute Gasteiger partial charge is 0.455 e. The van der Waals surface area contributed by atoms with Crippen molar-refractivity contribution >= 4 is 33.5 Å². The molecule has 0 heterocycles. The molecule has 0 unspecified atom stereocenters. The van der Waals surface area contributed by atoms with Crippen molar-refractivity contribution in [3.05, 3.63) is 29.3 Å². The molecule has 1 amide bonds. The van der Waals surface area contributed by atoms with Gasteiger partial charge in [-0.25, -0.2) is 8.42 Å². The smallest absolute Gasteiger partial charge is 0.321 e. The zero-order valence-corrected chi connectivity index (χ0v) is 16.1. The number of ether oxygens (including phenoxy) is 1. The molecule has 0 saturated carbocycles. The third-order valence-electron chi connectivity index (χ3n) is 3.59. The lowest BCUT2D eigenvalue weighted by molar-refractivity contribution is -0.148. The summed E-state index contributed by atoms with van der Waals surface area (Å²) >= 11 is 5.73. The summed E-state index contributed by atoms with van der Waals surface area (Å²) < 4.78 is 30.4. The number of hydrogen-bond acceptors (Lipinski definition) is 5. The van der Waals surface area contributed by atoms with Crippen LogP contribution in [0.4, 0.5) is 0 Å². The number of hydrogen-bond donors (Lipinski definition) is 1. The molecule has 0 aliphatic rings. The predicted octanol–water partition coefficient (Wildman–Crippen LogP) is 1.81. The highest BCUT2D eigenvalue weighted by Crippen LogP contribution is 2.17. The summed E-state index contributed by atoms with van der Waals surface area (Å²) in [6.45, 7) is 2.95. The maximum absolute atomic E-state index is 12.3. The first-order valence-electron chi connectivity index (χ1n) is 7.87. The highest BCUT2D eigenvalue weighted by atomic mass is 35.5. The van der Waals surface area contributed by atoms with Crippen LogP contribution in [0.25, 0.3) is 0 Å². The highest BCUT2D eigenvalue weighted by Gasteiger charge is 2.24. The number of carbonyl (C=O) groups excluding carboxylic acids is 2. The minimum atomic E-state index is -3.84. The zero-order chi connectivity index (χ0) is 19.0. The Balaban J connectivity index is 2.56. The Morgan fingerprint density at radius 3 is 2.28 bits per heavy atom. The van der Waals surface area contributed by atoms with Crippen molar-refractivity contribution in [1.82, 2.24) is 9.62 Å². The lowest BCUT2D eigenvalue weighted by atomic mass is 10.2.